The van der Waals surface area contributed by atoms with Gasteiger partial charge in [-0.05, 0) is 56.1 Å². The summed E-state index contributed by atoms with van der Waals surface area (Å²) in [5.41, 5.74) is 0.567. The number of benzene rings is 1. The van der Waals surface area contributed by atoms with Crippen LogP contribution in [-0.2, 0) is 11.8 Å². The van der Waals surface area contributed by atoms with Gasteiger partial charge in [0.1, 0.15) is 11.8 Å². The van der Waals surface area contributed by atoms with Crippen LogP contribution in [0.3, 0.4) is 0 Å². The first-order valence-electron chi connectivity index (χ1n) is 11.3. The van der Waals surface area contributed by atoms with E-state index in [0.717, 1.165) is 23.8 Å². The van der Waals surface area contributed by atoms with Crippen molar-refractivity contribution in [3.05, 3.63) is 51.3 Å². The molecule has 0 bridgehead atoms. The Morgan fingerprint density at radius 2 is 1.97 bits per heavy atom. The number of ether oxygens (including phenoxy) is 1. The van der Waals surface area contributed by atoms with E-state index in [1.165, 1.54) is 7.05 Å². The highest BCUT2D eigenvalue weighted by Gasteiger charge is 2.34. The average Bonchev–Trinajstić information content (AvgIpc) is 2.79. The van der Waals surface area contributed by atoms with Crippen LogP contribution in [0.5, 0.6) is 5.88 Å². The zero-order valence-corrected chi connectivity index (χ0v) is 19.8. The molecule has 0 aliphatic heterocycles. The molecule has 0 radical (unpaired) electrons. The second kappa shape index (κ2) is 10.0. The van der Waals surface area contributed by atoms with Crippen molar-refractivity contribution in [1.82, 2.24) is 4.57 Å². The van der Waals surface area contributed by atoms with E-state index in [4.69, 9.17) is 11.2 Å². The minimum atomic E-state index is -0.538. The molecule has 0 amide bonds. The summed E-state index contributed by atoms with van der Waals surface area (Å²) in [5.74, 6) is 2.98. The summed E-state index contributed by atoms with van der Waals surface area (Å²) in [7, 11) is 1.40. The molecule has 2 aromatic rings. The highest BCUT2D eigenvalue weighted by atomic mass is 16.5. The van der Waals surface area contributed by atoms with Crippen LogP contribution in [0.2, 0.25) is 0 Å². The number of hydrogen-bond donors (Lipinski definition) is 1. The van der Waals surface area contributed by atoms with Crippen LogP contribution >= 0.6 is 0 Å². The Kier molecular flexibility index (Phi) is 7.37. The van der Waals surface area contributed by atoms with Gasteiger partial charge in [-0.25, -0.2) is 4.79 Å². The number of azo groups is 1. The first-order valence-corrected chi connectivity index (χ1v) is 11.3. The van der Waals surface area contributed by atoms with E-state index in [1.54, 1.807) is 31.2 Å². The molecule has 1 aromatic heterocycles. The topological polar surface area (TPSA) is 93.3 Å². The third kappa shape index (κ3) is 5.00. The fourth-order valence-corrected chi connectivity index (χ4v) is 4.44. The predicted molar refractivity (Wildman–Crippen MR) is 127 cm³/mol. The lowest BCUT2D eigenvalue weighted by Gasteiger charge is -2.36. The van der Waals surface area contributed by atoms with Crippen molar-refractivity contribution in [3.63, 3.8) is 0 Å². The zero-order valence-electron chi connectivity index (χ0n) is 19.8. The lowest BCUT2D eigenvalue weighted by Crippen LogP contribution is -2.35. The number of hydrogen-bond acceptors (Lipinski definition) is 6. The van der Waals surface area contributed by atoms with Crippen LogP contribution in [0.4, 0.5) is 11.4 Å². The van der Waals surface area contributed by atoms with E-state index in [0.29, 0.717) is 29.0 Å². The monoisotopic (exact) mass is 449 g/mol. The van der Waals surface area contributed by atoms with Crippen LogP contribution < -0.4 is 5.56 Å². The number of pyridine rings is 1. The fraction of sp³-hybridized carbons (Fsp3) is 0.462. The van der Waals surface area contributed by atoms with Crippen LogP contribution in [0, 0.1) is 37.0 Å². The molecule has 0 spiro atoms. The number of esters is 1. The molecule has 33 heavy (non-hydrogen) atoms. The first-order chi connectivity index (χ1) is 15.6. The Morgan fingerprint density at radius 3 is 2.64 bits per heavy atom. The van der Waals surface area contributed by atoms with Gasteiger partial charge < -0.3 is 9.84 Å². The molecule has 1 fully saturated rings. The fourth-order valence-electron chi connectivity index (χ4n) is 4.44. The normalized spacial score (nSPS) is 20.7. The number of rotatable bonds is 5. The van der Waals surface area contributed by atoms with E-state index in [1.807, 2.05) is 0 Å². The molecule has 3 atom stereocenters. The molecule has 1 N–H and O–H groups in total. The second-order valence-electron chi connectivity index (χ2n) is 9.17. The first kappa shape index (κ1) is 24.2. The molecule has 7 heteroatoms. The predicted octanol–water partition coefficient (Wildman–Crippen LogP) is 5.41. The molecule has 3 rings (SSSR count). The van der Waals surface area contributed by atoms with E-state index < -0.39 is 11.5 Å². The van der Waals surface area contributed by atoms with Crippen LogP contribution in [0.1, 0.15) is 61.5 Å². The Balaban J connectivity index is 1.91. The maximum atomic E-state index is 13.1. The molecule has 7 nitrogen and oxygen atoms in total. The summed E-state index contributed by atoms with van der Waals surface area (Å²) >= 11 is 0. The number of nitrogens with zero attached hydrogens (tertiary/aromatic N) is 3. The number of carbonyl (C=O) groups is 1. The molecule has 1 aliphatic carbocycles. The van der Waals surface area contributed by atoms with E-state index >= 15 is 0 Å². The molecule has 1 saturated carbocycles. The minimum Gasteiger partial charge on any atom is -0.493 e. The Bertz CT molecular complexity index is 1170. The quantitative estimate of drug-likeness (QED) is 0.375. The van der Waals surface area contributed by atoms with Gasteiger partial charge in [-0.1, -0.05) is 38.8 Å². The maximum Gasteiger partial charge on any atom is 0.340 e. The van der Waals surface area contributed by atoms with Gasteiger partial charge in [-0.15, -0.1) is 16.7 Å². The van der Waals surface area contributed by atoms with E-state index in [9.17, 15) is 14.7 Å². The van der Waals surface area contributed by atoms with Gasteiger partial charge in [0.25, 0.3) is 5.56 Å². The van der Waals surface area contributed by atoms with Crippen molar-refractivity contribution in [1.29, 1.82) is 0 Å². The maximum absolute atomic E-state index is 13.1. The number of carbonyl (C=O) groups excluding carboxylic acids is 1. The highest BCUT2D eigenvalue weighted by Crippen LogP contribution is 2.36. The van der Waals surface area contributed by atoms with Gasteiger partial charge in [0.2, 0.25) is 5.88 Å². The van der Waals surface area contributed by atoms with Gasteiger partial charge in [0.05, 0.1) is 11.1 Å². The second-order valence-corrected chi connectivity index (χ2v) is 9.17. The van der Waals surface area contributed by atoms with Gasteiger partial charge in [-0.3, -0.25) is 9.36 Å². The molecule has 1 aliphatic rings. The summed E-state index contributed by atoms with van der Waals surface area (Å²) in [4.78, 5) is 25.7. The Morgan fingerprint density at radius 1 is 1.27 bits per heavy atom. The highest BCUT2D eigenvalue weighted by molar-refractivity contribution is 5.94. The number of aromatic nitrogens is 1. The molecular weight excluding hydrogens is 418 g/mol. The lowest BCUT2D eigenvalue weighted by molar-refractivity contribution is -0.0160. The third-order valence-electron chi connectivity index (χ3n) is 6.52. The summed E-state index contributed by atoms with van der Waals surface area (Å²) in [5, 5.41) is 18.4. The standard InChI is InChI=1S/C26H31N3O4/c1-7-18-17(5)23(25(31)29(6)24(18)30)28-27-21-11-9-8-10-19(21)26(32)33-22-13-12-16(4)14-20(22)15(2)3/h1,8-11,15-16,20,22,30H,12-14H2,2-6H3. The smallest absolute Gasteiger partial charge is 0.340 e. The molecule has 3 unspecified atom stereocenters. The summed E-state index contributed by atoms with van der Waals surface area (Å²) in [6.07, 6.45) is 8.26. The van der Waals surface area contributed by atoms with Crippen molar-refractivity contribution >= 4 is 17.3 Å². The van der Waals surface area contributed by atoms with Gasteiger partial charge >= 0.3 is 5.97 Å². The Hall–Kier alpha value is -3.40. The molecule has 0 saturated heterocycles. The zero-order chi connectivity index (χ0) is 24.3. The minimum absolute atomic E-state index is 0.00700. The number of aromatic hydroxyl groups is 1. The van der Waals surface area contributed by atoms with Crippen molar-refractivity contribution in [2.24, 2.45) is 35.0 Å². The largest absolute Gasteiger partial charge is 0.493 e. The van der Waals surface area contributed by atoms with Crippen molar-refractivity contribution < 1.29 is 14.6 Å². The van der Waals surface area contributed by atoms with Gasteiger partial charge in [-0.2, -0.15) is 0 Å². The third-order valence-corrected chi connectivity index (χ3v) is 6.52. The molecular formula is C26H31N3O4. The van der Waals surface area contributed by atoms with Crippen LogP contribution in [0.15, 0.2) is 39.3 Å². The van der Waals surface area contributed by atoms with Crippen LogP contribution in [-0.4, -0.2) is 21.7 Å². The summed E-state index contributed by atoms with van der Waals surface area (Å²) in [6.45, 7) is 8.17. The summed E-state index contributed by atoms with van der Waals surface area (Å²) in [6, 6.07) is 6.76. The Labute approximate surface area is 194 Å². The van der Waals surface area contributed by atoms with E-state index in [2.05, 4.69) is 36.9 Å². The van der Waals surface area contributed by atoms with Gasteiger partial charge in [0.15, 0.2) is 5.69 Å². The van der Waals surface area contributed by atoms with Crippen molar-refractivity contribution in [2.75, 3.05) is 0 Å². The molecule has 1 aromatic carbocycles. The van der Waals surface area contributed by atoms with Gasteiger partial charge in [0, 0.05) is 12.6 Å². The average molecular weight is 450 g/mol. The number of terminal acetylenes is 1. The molecule has 174 valence electrons. The van der Waals surface area contributed by atoms with Crippen molar-refractivity contribution in [3.8, 4) is 18.2 Å². The van der Waals surface area contributed by atoms with E-state index in [-0.39, 0.29) is 28.8 Å². The summed E-state index contributed by atoms with van der Waals surface area (Å²) < 4.78 is 6.97. The lowest BCUT2D eigenvalue weighted by atomic mass is 9.75. The van der Waals surface area contributed by atoms with Crippen LogP contribution in [0.25, 0.3) is 0 Å². The SMILES string of the molecule is C#Cc1c(C)c(N=Nc2ccccc2C(=O)OC2CCC(C)CC2C(C)C)c(=O)n(C)c1O. The van der Waals surface area contributed by atoms with Crippen molar-refractivity contribution in [2.45, 2.75) is 53.1 Å². The molecule has 1 heterocycles.